The first-order valence-corrected chi connectivity index (χ1v) is 10.2. The fourth-order valence-electron chi connectivity index (χ4n) is 3.74. The molecule has 1 fully saturated rings. The van der Waals surface area contributed by atoms with Gasteiger partial charge in [-0.25, -0.2) is 9.67 Å². The van der Waals surface area contributed by atoms with E-state index in [0.29, 0.717) is 45.5 Å². The van der Waals surface area contributed by atoms with Gasteiger partial charge in [-0.05, 0) is 19.3 Å². The van der Waals surface area contributed by atoms with Gasteiger partial charge in [-0.1, -0.05) is 0 Å². The normalized spacial score (nSPS) is 21.3. The van der Waals surface area contributed by atoms with Crippen molar-refractivity contribution in [3.05, 3.63) is 24.7 Å². The molecule has 0 aliphatic carbocycles. The maximum Gasteiger partial charge on any atom is 0.214 e. The highest BCUT2D eigenvalue weighted by Crippen LogP contribution is 2.33. The van der Waals surface area contributed by atoms with Gasteiger partial charge in [0.05, 0.1) is 50.9 Å². The van der Waals surface area contributed by atoms with E-state index in [2.05, 4.69) is 10.1 Å². The minimum atomic E-state index is -0.0699. The van der Waals surface area contributed by atoms with Crippen LogP contribution in [0.4, 0.5) is 0 Å². The number of ether oxygens (including phenoxy) is 4. The Kier molecular flexibility index (Phi) is 5.42. The van der Waals surface area contributed by atoms with Gasteiger partial charge < -0.3 is 18.9 Å². The van der Waals surface area contributed by atoms with Crippen LogP contribution in [-0.4, -0.2) is 64.2 Å². The second kappa shape index (κ2) is 8.48. The number of pyridine rings is 1. The van der Waals surface area contributed by atoms with Crippen LogP contribution in [0.3, 0.4) is 0 Å². The lowest BCUT2D eigenvalue weighted by Crippen LogP contribution is -2.19. The summed E-state index contributed by atoms with van der Waals surface area (Å²) >= 11 is 0. The fraction of sp³-hybridized carbons (Fsp3) is 0.550. The van der Waals surface area contributed by atoms with Crippen LogP contribution in [0.1, 0.15) is 25.5 Å². The van der Waals surface area contributed by atoms with Gasteiger partial charge in [0, 0.05) is 29.8 Å². The molecular formula is C20H25N5O4. The highest BCUT2D eigenvalue weighted by Gasteiger charge is 2.23. The summed E-state index contributed by atoms with van der Waals surface area (Å²) < 4.78 is 26.8. The molecule has 2 aliphatic rings. The van der Waals surface area contributed by atoms with E-state index < -0.39 is 0 Å². The van der Waals surface area contributed by atoms with Crippen LogP contribution in [0.2, 0.25) is 0 Å². The van der Waals surface area contributed by atoms with Crippen LogP contribution in [0.25, 0.3) is 22.2 Å². The van der Waals surface area contributed by atoms with Crippen molar-refractivity contribution in [1.29, 1.82) is 0 Å². The molecule has 0 amide bonds. The molecule has 29 heavy (non-hydrogen) atoms. The quantitative estimate of drug-likeness (QED) is 0.621. The zero-order valence-corrected chi connectivity index (χ0v) is 16.3. The molecule has 0 aromatic carbocycles. The average molecular weight is 399 g/mol. The predicted octanol–water partition coefficient (Wildman–Crippen LogP) is 2.42. The Morgan fingerprint density at radius 2 is 1.86 bits per heavy atom. The van der Waals surface area contributed by atoms with E-state index in [9.17, 15) is 0 Å². The number of aromatic nitrogens is 5. The van der Waals surface area contributed by atoms with Crippen molar-refractivity contribution < 1.29 is 18.9 Å². The van der Waals surface area contributed by atoms with Crippen molar-refractivity contribution in [3.63, 3.8) is 0 Å². The number of fused-ring (bicyclic) bond motifs is 4. The lowest BCUT2D eigenvalue weighted by molar-refractivity contribution is -0.0365. The van der Waals surface area contributed by atoms with Crippen molar-refractivity contribution in [2.24, 2.45) is 0 Å². The second-order valence-electron chi connectivity index (χ2n) is 7.22. The molecular weight excluding hydrogens is 374 g/mol. The van der Waals surface area contributed by atoms with Gasteiger partial charge >= 0.3 is 0 Å². The molecule has 1 saturated heterocycles. The van der Waals surface area contributed by atoms with Gasteiger partial charge in [0.1, 0.15) is 12.3 Å². The first kappa shape index (κ1) is 18.5. The molecule has 2 aliphatic heterocycles. The summed E-state index contributed by atoms with van der Waals surface area (Å²) in [7, 11) is 0. The van der Waals surface area contributed by atoms with Crippen LogP contribution in [0.5, 0.6) is 5.88 Å². The molecule has 0 saturated carbocycles. The topological polar surface area (TPSA) is 85.5 Å². The van der Waals surface area contributed by atoms with Gasteiger partial charge in [-0.2, -0.15) is 10.2 Å². The Hall–Kier alpha value is -2.49. The van der Waals surface area contributed by atoms with E-state index in [1.165, 1.54) is 0 Å². The molecule has 4 bridgehead atoms. The molecule has 3 aromatic rings. The first-order chi connectivity index (χ1) is 14.4. The molecule has 3 aromatic heterocycles. The maximum absolute atomic E-state index is 5.98. The summed E-state index contributed by atoms with van der Waals surface area (Å²) in [6.45, 7) is 4.04. The number of nitrogens with zero attached hydrogens (tertiary/aromatic N) is 5. The molecule has 5 heterocycles. The van der Waals surface area contributed by atoms with E-state index in [4.69, 9.17) is 24.0 Å². The molecule has 9 nitrogen and oxygen atoms in total. The number of hydrogen-bond acceptors (Lipinski definition) is 7. The molecule has 0 radical (unpaired) electrons. The van der Waals surface area contributed by atoms with Gasteiger partial charge in [0.25, 0.3) is 0 Å². The van der Waals surface area contributed by atoms with Gasteiger partial charge in [-0.15, -0.1) is 0 Å². The van der Waals surface area contributed by atoms with E-state index in [1.807, 2.05) is 34.0 Å². The van der Waals surface area contributed by atoms with Crippen molar-refractivity contribution in [2.45, 2.75) is 32.0 Å². The predicted molar refractivity (Wildman–Crippen MR) is 105 cm³/mol. The summed E-state index contributed by atoms with van der Waals surface area (Å²) in [5.74, 6) is 0.558. The molecule has 0 N–H and O–H groups in total. The standard InChI is InChI=1S/C20H25N5O4/c1-2-5-29-19(3-1)25-17-13-21-18-11-16(17)20(23-25)15-12-22-24(14-15)4-6-26-7-8-27-9-10-28-18/h11-14,19H,1-10H2. The number of hydrogen-bond donors (Lipinski definition) is 0. The van der Waals surface area contributed by atoms with E-state index in [1.54, 1.807) is 0 Å². The lowest BCUT2D eigenvalue weighted by atomic mass is 10.1. The molecule has 1 atom stereocenters. The molecule has 0 spiro atoms. The van der Waals surface area contributed by atoms with Crippen LogP contribution in [0.15, 0.2) is 24.7 Å². The largest absolute Gasteiger partial charge is 0.475 e. The van der Waals surface area contributed by atoms with Crippen LogP contribution in [0, 0.1) is 0 Å². The Morgan fingerprint density at radius 1 is 0.966 bits per heavy atom. The van der Waals surface area contributed by atoms with Crippen molar-refractivity contribution >= 4 is 10.9 Å². The summed E-state index contributed by atoms with van der Waals surface area (Å²) in [5.41, 5.74) is 2.75. The smallest absolute Gasteiger partial charge is 0.214 e. The highest BCUT2D eigenvalue weighted by atomic mass is 16.5. The molecule has 1 unspecified atom stereocenters. The summed E-state index contributed by atoms with van der Waals surface area (Å²) in [6, 6.07) is 1.95. The summed E-state index contributed by atoms with van der Waals surface area (Å²) in [6.07, 6.45) is 8.77. The average Bonchev–Trinajstić information content (AvgIpc) is 3.37. The Labute approximate surface area is 168 Å². The number of rotatable bonds is 1. The maximum atomic E-state index is 5.98. The lowest BCUT2D eigenvalue weighted by Gasteiger charge is -2.23. The van der Waals surface area contributed by atoms with Crippen LogP contribution in [-0.2, 0) is 20.8 Å². The molecule has 9 heteroatoms. The van der Waals surface area contributed by atoms with Crippen LogP contribution >= 0.6 is 0 Å². The second-order valence-corrected chi connectivity index (χ2v) is 7.22. The van der Waals surface area contributed by atoms with E-state index in [-0.39, 0.29) is 6.23 Å². The van der Waals surface area contributed by atoms with Gasteiger partial charge in [-0.3, -0.25) is 4.68 Å². The van der Waals surface area contributed by atoms with E-state index >= 15 is 0 Å². The Balaban J connectivity index is 1.56. The molecule has 154 valence electrons. The van der Waals surface area contributed by atoms with Gasteiger partial charge in [0.15, 0.2) is 6.23 Å². The third-order valence-electron chi connectivity index (χ3n) is 5.22. The third kappa shape index (κ3) is 3.98. The van der Waals surface area contributed by atoms with Crippen molar-refractivity contribution in [2.75, 3.05) is 39.6 Å². The first-order valence-electron chi connectivity index (χ1n) is 10.2. The summed E-state index contributed by atoms with van der Waals surface area (Å²) in [4.78, 5) is 4.48. The van der Waals surface area contributed by atoms with Gasteiger partial charge in [0.2, 0.25) is 5.88 Å². The SMILES string of the molecule is c1nn2cc1-c1nn(C3CCCCO3)c3cnc(cc13)OCCOCCOCC2. The van der Waals surface area contributed by atoms with Crippen molar-refractivity contribution in [3.8, 4) is 17.1 Å². The third-order valence-corrected chi connectivity index (χ3v) is 5.22. The summed E-state index contributed by atoms with van der Waals surface area (Å²) in [5, 5.41) is 10.4. The minimum Gasteiger partial charge on any atom is -0.475 e. The molecule has 5 rings (SSSR count). The zero-order valence-electron chi connectivity index (χ0n) is 16.3. The Morgan fingerprint density at radius 3 is 2.76 bits per heavy atom. The zero-order chi connectivity index (χ0) is 19.5. The highest BCUT2D eigenvalue weighted by molar-refractivity contribution is 5.93. The van der Waals surface area contributed by atoms with Crippen LogP contribution < -0.4 is 4.74 Å². The van der Waals surface area contributed by atoms with E-state index in [0.717, 1.165) is 48.0 Å². The monoisotopic (exact) mass is 399 g/mol. The fourth-order valence-corrected chi connectivity index (χ4v) is 3.74. The minimum absolute atomic E-state index is 0.0699. The Bertz CT molecular complexity index is 963. The van der Waals surface area contributed by atoms with Crippen molar-refractivity contribution in [1.82, 2.24) is 24.5 Å².